The molecule has 2 amide bonds. The Morgan fingerprint density at radius 1 is 0.947 bits per heavy atom. The van der Waals surface area contributed by atoms with Crippen LogP contribution in [0.5, 0.6) is 0 Å². The average Bonchev–Trinajstić information content (AvgIpc) is 3.06. The van der Waals surface area contributed by atoms with Gasteiger partial charge in [0.25, 0.3) is 0 Å². The number of hydrogen-bond donors (Lipinski definition) is 1. The number of carbonyl (C=O) groups is 2. The summed E-state index contributed by atoms with van der Waals surface area (Å²) in [4.78, 5) is 26.5. The van der Waals surface area contributed by atoms with Gasteiger partial charge in [-0.25, -0.2) is 0 Å². The first-order valence-electron chi connectivity index (χ1n) is 6.90. The second kappa shape index (κ2) is 3.59. The molecule has 3 fully saturated rings. The van der Waals surface area contributed by atoms with Crippen molar-refractivity contribution < 1.29 is 9.59 Å². The minimum atomic E-state index is -0.0520. The van der Waals surface area contributed by atoms with Crippen LogP contribution in [0.1, 0.15) is 19.3 Å². The lowest BCUT2D eigenvalue weighted by molar-refractivity contribution is -0.123. The fourth-order valence-corrected chi connectivity index (χ4v) is 4.29. The standard InChI is InChI=1S/C15H16N2O2/c16-10-3-5-11(6-4-10)17-14(18)12-8-1-2-9(7-8)13(12)15(17)19/h3-6,8-9,12-13H,1-2,7,16H2/t8-,9+,12-,13+. The summed E-state index contributed by atoms with van der Waals surface area (Å²) in [5.74, 6) is 0.780. The van der Waals surface area contributed by atoms with Crippen molar-refractivity contribution in [2.45, 2.75) is 19.3 Å². The fraction of sp³-hybridized carbons (Fsp3) is 0.467. The van der Waals surface area contributed by atoms with Crippen LogP contribution < -0.4 is 10.6 Å². The van der Waals surface area contributed by atoms with Crippen molar-refractivity contribution in [3.8, 4) is 0 Å². The number of anilines is 2. The molecule has 2 saturated carbocycles. The van der Waals surface area contributed by atoms with Gasteiger partial charge in [0.05, 0.1) is 17.5 Å². The van der Waals surface area contributed by atoms with E-state index in [1.165, 1.54) is 4.90 Å². The first-order chi connectivity index (χ1) is 9.16. The van der Waals surface area contributed by atoms with Crippen LogP contribution in [0.3, 0.4) is 0 Å². The normalized spacial score (nSPS) is 36.1. The number of carbonyl (C=O) groups excluding carboxylic acids is 2. The van der Waals surface area contributed by atoms with Crippen molar-refractivity contribution >= 4 is 23.2 Å². The van der Waals surface area contributed by atoms with Crippen LogP contribution in [0.4, 0.5) is 11.4 Å². The molecule has 4 nitrogen and oxygen atoms in total. The number of nitrogen functional groups attached to an aromatic ring is 1. The van der Waals surface area contributed by atoms with Crippen LogP contribution in [0.2, 0.25) is 0 Å². The van der Waals surface area contributed by atoms with E-state index in [1.54, 1.807) is 24.3 Å². The quantitative estimate of drug-likeness (QED) is 0.615. The van der Waals surface area contributed by atoms with E-state index in [1.807, 2.05) is 0 Å². The van der Waals surface area contributed by atoms with E-state index >= 15 is 0 Å². The Morgan fingerprint density at radius 3 is 2.00 bits per heavy atom. The number of benzene rings is 1. The lowest BCUT2D eigenvalue weighted by Gasteiger charge is -2.19. The second-order valence-electron chi connectivity index (χ2n) is 5.99. The number of fused-ring (bicyclic) bond motifs is 5. The summed E-state index contributed by atoms with van der Waals surface area (Å²) in [5, 5.41) is 0. The number of rotatable bonds is 1. The van der Waals surface area contributed by atoms with Gasteiger partial charge in [0.2, 0.25) is 11.8 Å². The number of nitrogens with two attached hydrogens (primary N) is 1. The molecule has 0 unspecified atom stereocenters. The van der Waals surface area contributed by atoms with E-state index < -0.39 is 0 Å². The first-order valence-corrected chi connectivity index (χ1v) is 6.90. The maximum absolute atomic E-state index is 12.5. The Balaban J connectivity index is 1.73. The van der Waals surface area contributed by atoms with Gasteiger partial charge in [-0.15, -0.1) is 0 Å². The van der Waals surface area contributed by atoms with E-state index in [4.69, 9.17) is 5.73 Å². The highest BCUT2D eigenvalue weighted by molar-refractivity contribution is 6.22. The molecule has 1 heterocycles. The van der Waals surface area contributed by atoms with Crippen LogP contribution in [0.25, 0.3) is 0 Å². The maximum atomic E-state index is 12.5. The summed E-state index contributed by atoms with van der Waals surface area (Å²) in [6.45, 7) is 0. The van der Waals surface area contributed by atoms with Gasteiger partial charge in [0, 0.05) is 5.69 Å². The third-order valence-electron chi connectivity index (χ3n) is 5.08. The highest BCUT2D eigenvalue weighted by Gasteiger charge is 2.61. The van der Waals surface area contributed by atoms with Gasteiger partial charge in [-0.3, -0.25) is 14.5 Å². The Morgan fingerprint density at radius 2 is 1.47 bits per heavy atom. The molecule has 0 aromatic heterocycles. The zero-order valence-corrected chi connectivity index (χ0v) is 10.6. The van der Waals surface area contributed by atoms with Gasteiger partial charge >= 0.3 is 0 Å². The van der Waals surface area contributed by atoms with Crippen molar-refractivity contribution in [3.05, 3.63) is 24.3 Å². The predicted molar refractivity (Wildman–Crippen MR) is 71.2 cm³/mol. The van der Waals surface area contributed by atoms with Gasteiger partial charge in [-0.05, 0) is 55.4 Å². The summed E-state index contributed by atoms with van der Waals surface area (Å²) >= 11 is 0. The highest BCUT2D eigenvalue weighted by Crippen LogP contribution is 2.56. The summed E-state index contributed by atoms with van der Waals surface area (Å²) < 4.78 is 0. The minimum Gasteiger partial charge on any atom is -0.399 e. The van der Waals surface area contributed by atoms with Gasteiger partial charge in [0.15, 0.2) is 0 Å². The third-order valence-corrected chi connectivity index (χ3v) is 5.08. The van der Waals surface area contributed by atoms with Crippen LogP contribution in [0, 0.1) is 23.7 Å². The lowest BCUT2D eigenvalue weighted by atomic mass is 9.81. The second-order valence-corrected chi connectivity index (χ2v) is 5.99. The molecule has 0 spiro atoms. The van der Waals surface area contributed by atoms with Gasteiger partial charge in [-0.1, -0.05) is 0 Å². The summed E-state index contributed by atoms with van der Waals surface area (Å²) in [7, 11) is 0. The van der Waals surface area contributed by atoms with E-state index in [0.29, 0.717) is 23.2 Å². The van der Waals surface area contributed by atoms with E-state index in [9.17, 15) is 9.59 Å². The van der Waals surface area contributed by atoms with E-state index in [2.05, 4.69) is 0 Å². The Labute approximate surface area is 111 Å². The molecule has 4 rings (SSSR count). The summed E-state index contributed by atoms with van der Waals surface area (Å²) in [6.07, 6.45) is 3.29. The molecule has 2 N–H and O–H groups in total. The molecule has 2 aliphatic carbocycles. The molecule has 1 aromatic rings. The zero-order chi connectivity index (χ0) is 13.1. The lowest BCUT2D eigenvalue weighted by Crippen LogP contribution is -2.32. The fourth-order valence-electron chi connectivity index (χ4n) is 4.29. The van der Waals surface area contributed by atoms with Crippen molar-refractivity contribution in [1.29, 1.82) is 0 Å². The Kier molecular flexibility index (Phi) is 2.08. The topological polar surface area (TPSA) is 63.4 Å². The number of imide groups is 1. The number of amides is 2. The smallest absolute Gasteiger partial charge is 0.237 e. The van der Waals surface area contributed by atoms with Crippen LogP contribution in [-0.2, 0) is 9.59 Å². The molecule has 4 atom stereocenters. The third kappa shape index (κ3) is 1.34. The van der Waals surface area contributed by atoms with Gasteiger partial charge in [0.1, 0.15) is 0 Å². The predicted octanol–water partition coefficient (Wildman–Crippen LogP) is 1.80. The van der Waals surface area contributed by atoms with Crippen LogP contribution in [0.15, 0.2) is 24.3 Å². The molecule has 0 radical (unpaired) electrons. The van der Waals surface area contributed by atoms with Crippen molar-refractivity contribution in [1.82, 2.24) is 0 Å². The average molecular weight is 256 g/mol. The molecule has 19 heavy (non-hydrogen) atoms. The Bertz CT molecular complexity index is 538. The largest absolute Gasteiger partial charge is 0.399 e. The minimum absolute atomic E-state index is 0.00646. The first kappa shape index (κ1) is 11.0. The number of hydrogen-bond acceptors (Lipinski definition) is 3. The summed E-state index contributed by atoms with van der Waals surface area (Å²) in [6, 6.07) is 6.99. The molecule has 3 aliphatic rings. The summed E-state index contributed by atoms with van der Waals surface area (Å²) in [5.41, 5.74) is 6.96. The SMILES string of the molecule is Nc1ccc(N2C(=O)[C@@H]3[C@@H]4CC[C@@H](C4)[C@@H]3C2=O)cc1. The monoisotopic (exact) mass is 256 g/mol. The van der Waals surface area contributed by atoms with Crippen LogP contribution >= 0.6 is 0 Å². The Hall–Kier alpha value is -1.84. The molecular formula is C15H16N2O2. The molecule has 1 aromatic carbocycles. The van der Waals surface area contributed by atoms with Crippen molar-refractivity contribution in [3.63, 3.8) is 0 Å². The van der Waals surface area contributed by atoms with Gasteiger partial charge in [-0.2, -0.15) is 0 Å². The molecule has 1 aliphatic heterocycles. The van der Waals surface area contributed by atoms with Crippen molar-refractivity contribution in [2.24, 2.45) is 23.7 Å². The molecule has 2 bridgehead atoms. The van der Waals surface area contributed by atoms with Gasteiger partial charge < -0.3 is 5.73 Å². The van der Waals surface area contributed by atoms with E-state index in [-0.39, 0.29) is 23.7 Å². The highest BCUT2D eigenvalue weighted by atomic mass is 16.2. The van der Waals surface area contributed by atoms with E-state index in [0.717, 1.165) is 19.3 Å². The van der Waals surface area contributed by atoms with Crippen LogP contribution in [-0.4, -0.2) is 11.8 Å². The molecule has 98 valence electrons. The zero-order valence-electron chi connectivity index (χ0n) is 10.6. The molecule has 1 saturated heterocycles. The maximum Gasteiger partial charge on any atom is 0.237 e. The number of nitrogens with zero attached hydrogens (tertiary/aromatic N) is 1. The van der Waals surface area contributed by atoms with Crippen molar-refractivity contribution in [2.75, 3.05) is 10.6 Å². The molecule has 4 heteroatoms. The molecular weight excluding hydrogens is 240 g/mol.